The maximum absolute atomic E-state index is 11.0. The first-order valence-electron chi connectivity index (χ1n) is 6.89. The van der Waals surface area contributed by atoms with Crippen molar-refractivity contribution in [3.8, 4) is 0 Å². The van der Waals surface area contributed by atoms with Crippen molar-refractivity contribution in [3.63, 3.8) is 0 Å². The number of aromatic nitrogens is 3. The summed E-state index contributed by atoms with van der Waals surface area (Å²) in [5.41, 5.74) is 1.04. The van der Waals surface area contributed by atoms with Gasteiger partial charge in [0.25, 0.3) is 0 Å². The van der Waals surface area contributed by atoms with Crippen molar-refractivity contribution in [3.05, 3.63) is 62.6 Å². The Labute approximate surface area is 135 Å². The number of aryl methyl sites for hydroxylation is 1. The number of nitro groups is 2. The lowest BCUT2D eigenvalue weighted by atomic mass is 10.1. The molecule has 10 heteroatoms. The summed E-state index contributed by atoms with van der Waals surface area (Å²) in [5, 5.41) is 24.9. The van der Waals surface area contributed by atoms with Crippen molar-refractivity contribution < 1.29 is 9.85 Å². The number of rotatable bonds is 5. The molecule has 0 unspecified atom stereocenters. The number of hydrogen-bond acceptors (Lipinski definition) is 7. The van der Waals surface area contributed by atoms with Crippen LogP contribution in [-0.4, -0.2) is 24.4 Å². The minimum atomic E-state index is -0.771. The molecule has 0 aliphatic rings. The minimum Gasteiger partial charge on any atom is -0.364 e. The highest BCUT2D eigenvalue weighted by atomic mass is 16.6. The van der Waals surface area contributed by atoms with E-state index in [9.17, 15) is 20.2 Å². The first-order chi connectivity index (χ1) is 11.5. The summed E-state index contributed by atoms with van der Waals surface area (Å²) in [5.74, 6) is 0.577. The Morgan fingerprint density at radius 2 is 1.88 bits per heavy atom. The summed E-state index contributed by atoms with van der Waals surface area (Å²) in [7, 11) is 1.83. The van der Waals surface area contributed by atoms with Crippen LogP contribution in [0, 0.1) is 20.2 Å². The van der Waals surface area contributed by atoms with Gasteiger partial charge in [0.15, 0.2) is 5.82 Å². The number of pyridine rings is 1. The molecule has 0 aliphatic heterocycles. The lowest BCUT2D eigenvalue weighted by Crippen LogP contribution is -2.04. The Kier molecular flexibility index (Phi) is 3.78. The molecule has 0 aliphatic carbocycles. The fourth-order valence-electron chi connectivity index (χ4n) is 2.40. The summed E-state index contributed by atoms with van der Waals surface area (Å²) in [6, 6.07) is 5.57. The van der Waals surface area contributed by atoms with Gasteiger partial charge in [-0.05, 0) is 17.7 Å². The molecule has 0 saturated heterocycles. The highest BCUT2D eigenvalue weighted by molar-refractivity contribution is 5.85. The number of imidazole rings is 1. The molecule has 3 aromatic rings. The van der Waals surface area contributed by atoms with Crippen molar-refractivity contribution >= 4 is 28.2 Å². The fourth-order valence-corrected chi connectivity index (χ4v) is 2.40. The van der Waals surface area contributed by atoms with Crippen LogP contribution in [0.3, 0.4) is 0 Å². The molecule has 3 rings (SSSR count). The summed E-state index contributed by atoms with van der Waals surface area (Å²) >= 11 is 0. The standard InChI is InChI=1S/C14H12N6O4/c1-18-8-17-10-4-5-15-14(13(10)18)16-7-9-2-3-11(19(21)22)12(6-9)20(23)24/h2-6,8H,7H2,1H3,(H,15,16). The van der Waals surface area contributed by atoms with E-state index in [-0.39, 0.29) is 6.54 Å². The van der Waals surface area contributed by atoms with Crippen LogP contribution in [0.25, 0.3) is 11.0 Å². The largest absolute Gasteiger partial charge is 0.364 e. The van der Waals surface area contributed by atoms with Crippen molar-refractivity contribution in [2.24, 2.45) is 7.05 Å². The number of nitro benzene ring substituents is 2. The molecule has 0 spiro atoms. The van der Waals surface area contributed by atoms with Crippen LogP contribution < -0.4 is 5.32 Å². The summed E-state index contributed by atoms with van der Waals surface area (Å²) < 4.78 is 1.81. The van der Waals surface area contributed by atoms with Crippen LogP contribution in [0.1, 0.15) is 5.56 Å². The summed E-state index contributed by atoms with van der Waals surface area (Å²) in [6.45, 7) is 0.232. The number of anilines is 1. The number of benzene rings is 1. The van der Waals surface area contributed by atoms with E-state index in [2.05, 4.69) is 15.3 Å². The Hall–Kier alpha value is -3.56. The number of hydrogen-bond donors (Lipinski definition) is 1. The van der Waals surface area contributed by atoms with Gasteiger partial charge in [0, 0.05) is 31.9 Å². The van der Waals surface area contributed by atoms with Crippen LogP contribution in [0.2, 0.25) is 0 Å². The molecule has 0 amide bonds. The first-order valence-corrected chi connectivity index (χ1v) is 6.89. The number of fused-ring (bicyclic) bond motifs is 1. The van der Waals surface area contributed by atoms with Crippen molar-refractivity contribution in [2.45, 2.75) is 6.54 Å². The third kappa shape index (κ3) is 2.72. The molecule has 2 heterocycles. The van der Waals surface area contributed by atoms with E-state index in [0.29, 0.717) is 11.4 Å². The summed E-state index contributed by atoms with van der Waals surface area (Å²) in [4.78, 5) is 28.8. The van der Waals surface area contributed by atoms with Crippen molar-refractivity contribution in [1.29, 1.82) is 0 Å². The molecule has 0 saturated carbocycles. The van der Waals surface area contributed by atoms with E-state index in [1.165, 1.54) is 12.1 Å². The third-order valence-electron chi connectivity index (χ3n) is 3.52. The maximum Gasteiger partial charge on any atom is 0.346 e. The van der Waals surface area contributed by atoms with Crippen LogP contribution in [0.5, 0.6) is 0 Å². The van der Waals surface area contributed by atoms with Gasteiger partial charge in [-0.1, -0.05) is 0 Å². The maximum atomic E-state index is 11.0. The highest BCUT2D eigenvalue weighted by Crippen LogP contribution is 2.28. The molecule has 0 fully saturated rings. The van der Waals surface area contributed by atoms with Gasteiger partial charge >= 0.3 is 11.4 Å². The Balaban J connectivity index is 1.89. The molecule has 0 bridgehead atoms. The second kappa shape index (κ2) is 5.91. The monoisotopic (exact) mass is 328 g/mol. The third-order valence-corrected chi connectivity index (χ3v) is 3.52. The predicted octanol–water partition coefficient (Wildman–Crippen LogP) is 2.40. The smallest absolute Gasteiger partial charge is 0.346 e. The van der Waals surface area contributed by atoms with Gasteiger partial charge in [-0.3, -0.25) is 20.2 Å². The Morgan fingerprint density at radius 3 is 2.58 bits per heavy atom. The lowest BCUT2D eigenvalue weighted by molar-refractivity contribution is -0.422. The Bertz CT molecular complexity index is 952. The van der Waals surface area contributed by atoms with Crippen LogP contribution in [-0.2, 0) is 13.6 Å². The van der Waals surface area contributed by atoms with Gasteiger partial charge in [0.1, 0.15) is 5.52 Å². The molecule has 0 atom stereocenters. The van der Waals surface area contributed by atoms with E-state index in [4.69, 9.17) is 0 Å². The SMILES string of the molecule is Cn1cnc2ccnc(NCc3ccc([N+](=O)[O-])c([N+](=O)[O-])c3)c21. The van der Waals surface area contributed by atoms with E-state index in [1.54, 1.807) is 18.6 Å². The second-order valence-corrected chi connectivity index (χ2v) is 5.07. The van der Waals surface area contributed by atoms with E-state index in [1.807, 2.05) is 11.6 Å². The average Bonchev–Trinajstić information content (AvgIpc) is 2.94. The molecule has 24 heavy (non-hydrogen) atoms. The van der Waals surface area contributed by atoms with E-state index >= 15 is 0 Å². The van der Waals surface area contributed by atoms with Crippen LogP contribution >= 0.6 is 0 Å². The average molecular weight is 328 g/mol. The number of nitrogens with one attached hydrogen (secondary N) is 1. The van der Waals surface area contributed by atoms with E-state index in [0.717, 1.165) is 17.1 Å². The van der Waals surface area contributed by atoms with Gasteiger partial charge in [-0.15, -0.1) is 0 Å². The highest BCUT2D eigenvalue weighted by Gasteiger charge is 2.24. The minimum absolute atomic E-state index is 0.232. The Morgan fingerprint density at radius 1 is 1.12 bits per heavy atom. The van der Waals surface area contributed by atoms with Gasteiger partial charge in [0.2, 0.25) is 0 Å². The zero-order valence-corrected chi connectivity index (χ0v) is 12.5. The molecule has 10 nitrogen and oxygen atoms in total. The van der Waals surface area contributed by atoms with Crippen LogP contribution in [0.15, 0.2) is 36.8 Å². The molecule has 1 N–H and O–H groups in total. The second-order valence-electron chi connectivity index (χ2n) is 5.07. The van der Waals surface area contributed by atoms with Gasteiger partial charge in [-0.25, -0.2) is 9.97 Å². The normalized spacial score (nSPS) is 10.7. The van der Waals surface area contributed by atoms with Gasteiger partial charge < -0.3 is 9.88 Å². The zero-order valence-electron chi connectivity index (χ0n) is 12.5. The molecule has 2 aromatic heterocycles. The number of nitrogens with zero attached hydrogens (tertiary/aromatic N) is 5. The summed E-state index contributed by atoms with van der Waals surface area (Å²) in [6.07, 6.45) is 3.27. The van der Waals surface area contributed by atoms with E-state index < -0.39 is 21.2 Å². The lowest BCUT2D eigenvalue weighted by Gasteiger charge is -2.08. The van der Waals surface area contributed by atoms with Gasteiger partial charge in [-0.2, -0.15) is 0 Å². The van der Waals surface area contributed by atoms with Gasteiger partial charge in [0.05, 0.1) is 21.7 Å². The van der Waals surface area contributed by atoms with Crippen molar-refractivity contribution in [1.82, 2.24) is 14.5 Å². The molecular formula is C14H12N6O4. The molecule has 122 valence electrons. The quantitative estimate of drug-likeness (QED) is 0.562. The predicted molar refractivity (Wildman–Crippen MR) is 85.6 cm³/mol. The van der Waals surface area contributed by atoms with Crippen molar-refractivity contribution in [2.75, 3.05) is 5.32 Å². The zero-order chi connectivity index (χ0) is 17.3. The fraction of sp³-hybridized carbons (Fsp3) is 0.143. The molecular weight excluding hydrogens is 316 g/mol. The topological polar surface area (TPSA) is 129 Å². The molecule has 0 radical (unpaired) electrons. The molecule has 1 aromatic carbocycles. The van der Waals surface area contributed by atoms with Crippen LogP contribution in [0.4, 0.5) is 17.2 Å². The first kappa shape index (κ1) is 15.3.